The zero-order chi connectivity index (χ0) is 9.52. The van der Waals surface area contributed by atoms with Crippen molar-refractivity contribution in [2.75, 3.05) is 0 Å². The lowest BCUT2D eigenvalue weighted by molar-refractivity contribution is 0.579. The van der Waals surface area contributed by atoms with Crippen LogP contribution in [0.25, 0.3) is 0 Å². The largest absolute Gasteiger partial charge is 0.300 e. The van der Waals surface area contributed by atoms with Gasteiger partial charge < -0.3 is 0 Å². The van der Waals surface area contributed by atoms with Crippen LogP contribution < -0.4 is 5.56 Å². The van der Waals surface area contributed by atoms with Crippen LogP contribution in [0, 0.1) is 6.92 Å². The average Bonchev–Trinajstić information content (AvgIpc) is 2.05. The van der Waals surface area contributed by atoms with Gasteiger partial charge in [-0.1, -0.05) is 20.8 Å². The first-order valence-corrected chi connectivity index (χ1v) is 4.10. The highest BCUT2D eigenvalue weighted by Gasteiger charge is 2.22. The zero-order valence-electron chi connectivity index (χ0n) is 8.36. The predicted molar refractivity (Wildman–Crippen MR) is 49.5 cm³/mol. The first kappa shape index (κ1) is 9.10. The van der Waals surface area contributed by atoms with Crippen molar-refractivity contribution in [3.8, 4) is 0 Å². The summed E-state index contributed by atoms with van der Waals surface area (Å²) in [5.41, 5.74) is 1.86. The van der Waals surface area contributed by atoms with Gasteiger partial charge in [0.1, 0.15) is 0 Å². The second-order valence-electron chi connectivity index (χ2n) is 4.23. The molecule has 0 atom stereocenters. The van der Waals surface area contributed by atoms with Gasteiger partial charge in [-0.3, -0.25) is 14.6 Å². The van der Waals surface area contributed by atoms with E-state index in [0.29, 0.717) is 0 Å². The summed E-state index contributed by atoms with van der Waals surface area (Å²) in [6.45, 7) is 8.07. The molecule has 0 aliphatic rings. The van der Waals surface area contributed by atoms with Crippen molar-refractivity contribution in [2.24, 2.45) is 7.05 Å². The maximum absolute atomic E-state index is 11.6. The summed E-state index contributed by atoms with van der Waals surface area (Å²) in [5.74, 6) is 0. The lowest BCUT2D eigenvalue weighted by atomic mass is 9.87. The van der Waals surface area contributed by atoms with Crippen molar-refractivity contribution >= 4 is 0 Å². The van der Waals surface area contributed by atoms with Crippen LogP contribution in [0.2, 0.25) is 0 Å². The second kappa shape index (κ2) is 2.51. The quantitative estimate of drug-likeness (QED) is 0.623. The molecule has 0 aliphatic carbocycles. The van der Waals surface area contributed by atoms with Crippen LogP contribution in [0.4, 0.5) is 0 Å². The SMILES string of the molecule is Cc1[nH]n(C)c(=O)c1C(C)(C)C. The van der Waals surface area contributed by atoms with Gasteiger partial charge in [-0.05, 0) is 12.3 Å². The van der Waals surface area contributed by atoms with Gasteiger partial charge in [-0.15, -0.1) is 0 Å². The highest BCUT2D eigenvalue weighted by atomic mass is 16.1. The molecule has 0 radical (unpaired) electrons. The van der Waals surface area contributed by atoms with Crippen molar-refractivity contribution in [1.82, 2.24) is 9.78 Å². The van der Waals surface area contributed by atoms with Gasteiger partial charge in [0.05, 0.1) is 0 Å². The first-order valence-electron chi connectivity index (χ1n) is 4.10. The summed E-state index contributed by atoms with van der Waals surface area (Å²) in [6, 6.07) is 0. The normalized spacial score (nSPS) is 12.1. The molecular weight excluding hydrogens is 152 g/mol. The molecule has 0 aliphatic heterocycles. The van der Waals surface area contributed by atoms with E-state index in [1.807, 2.05) is 27.7 Å². The van der Waals surface area contributed by atoms with Crippen molar-refractivity contribution < 1.29 is 0 Å². The average molecular weight is 168 g/mol. The molecule has 0 amide bonds. The molecule has 68 valence electrons. The van der Waals surface area contributed by atoms with E-state index in [9.17, 15) is 4.79 Å². The predicted octanol–water partition coefficient (Wildman–Crippen LogP) is 1.32. The minimum absolute atomic E-state index is 0.0705. The highest BCUT2D eigenvalue weighted by molar-refractivity contribution is 5.23. The molecule has 0 bridgehead atoms. The fourth-order valence-corrected chi connectivity index (χ4v) is 1.57. The van der Waals surface area contributed by atoms with Gasteiger partial charge in [0.25, 0.3) is 5.56 Å². The van der Waals surface area contributed by atoms with Gasteiger partial charge in [0, 0.05) is 18.3 Å². The molecule has 1 aromatic rings. The van der Waals surface area contributed by atoms with Crippen LogP contribution in [-0.4, -0.2) is 9.78 Å². The summed E-state index contributed by atoms with van der Waals surface area (Å²) < 4.78 is 1.52. The molecule has 0 spiro atoms. The molecule has 1 aromatic heterocycles. The third kappa shape index (κ3) is 1.31. The number of nitrogens with one attached hydrogen (secondary N) is 1. The Labute approximate surface area is 72.4 Å². The second-order valence-corrected chi connectivity index (χ2v) is 4.23. The van der Waals surface area contributed by atoms with E-state index in [0.717, 1.165) is 11.3 Å². The number of hydrogen-bond donors (Lipinski definition) is 1. The van der Waals surface area contributed by atoms with E-state index in [1.54, 1.807) is 7.05 Å². The van der Waals surface area contributed by atoms with Crippen LogP contribution >= 0.6 is 0 Å². The standard InChI is InChI=1S/C9H16N2O/c1-6-7(9(2,3)4)8(12)11(5)10-6/h10H,1-5H3. The van der Waals surface area contributed by atoms with Gasteiger partial charge in [-0.25, -0.2) is 0 Å². The Morgan fingerprint density at radius 2 is 1.83 bits per heavy atom. The Balaban J connectivity index is 3.43. The van der Waals surface area contributed by atoms with Gasteiger partial charge in [0.15, 0.2) is 0 Å². The summed E-state index contributed by atoms with van der Waals surface area (Å²) in [5, 5.41) is 2.99. The van der Waals surface area contributed by atoms with Gasteiger partial charge >= 0.3 is 0 Å². The Kier molecular flexibility index (Phi) is 1.90. The molecule has 0 aromatic carbocycles. The topological polar surface area (TPSA) is 37.8 Å². The highest BCUT2D eigenvalue weighted by Crippen LogP contribution is 2.20. The van der Waals surface area contributed by atoms with E-state index < -0.39 is 0 Å². The minimum atomic E-state index is -0.0705. The van der Waals surface area contributed by atoms with E-state index in [-0.39, 0.29) is 11.0 Å². The zero-order valence-corrected chi connectivity index (χ0v) is 8.36. The number of hydrogen-bond acceptors (Lipinski definition) is 1. The maximum atomic E-state index is 11.6. The summed E-state index contributed by atoms with van der Waals surface area (Å²) >= 11 is 0. The smallest absolute Gasteiger partial charge is 0.270 e. The Hall–Kier alpha value is -0.990. The Morgan fingerprint density at radius 1 is 1.33 bits per heavy atom. The molecule has 1 rings (SSSR count). The summed E-state index contributed by atoms with van der Waals surface area (Å²) in [4.78, 5) is 11.6. The van der Waals surface area contributed by atoms with Crippen LogP contribution in [-0.2, 0) is 12.5 Å². The molecule has 3 nitrogen and oxygen atoms in total. The molecule has 0 saturated heterocycles. The summed E-state index contributed by atoms with van der Waals surface area (Å²) in [6.07, 6.45) is 0. The molecule has 3 heteroatoms. The molecule has 1 N–H and O–H groups in total. The van der Waals surface area contributed by atoms with E-state index in [2.05, 4.69) is 5.10 Å². The van der Waals surface area contributed by atoms with Gasteiger partial charge in [0.2, 0.25) is 0 Å². The van der Waals surface area contributed by atoms with Crippen molar-refractivity contribution in [3.05, 3.63) is 21.6 Å². The molecule has 0 fully saturated rings. The van der Waals surface area contributed by atoms with Crippen LogP contribution in [0.15, 0.2) is 4.79 Å². The fourth-order valence-electron chi connectivity index (χ4n) is 1.57. The molecular formula is C9H16N2O. The fraction of sp³-hybridized carbons (Fsp3) is 0.667. The Bertz CT molecular complexity index is 338. The van der Waals surface area contributed by atoms with Crippen molar-refractivity contribution in [2.45, 2.75) is 33.1 Å². The number of rotatable bonds is 0. The minimum Gasteiger partial charge on any atom is -0.300 e. The van der Waals surface area contributed by atoms with E-state index >= 15 is 0 Å². The molecule has 0 unspecified atom stereocenters. The lowest BCUT2D eigenvalue weighted by Gasteiger charge is -2.15. The Morgan fingerprint density at radius 3 is 2.00 bits per heavy atom. The molecule has 0 saturated carbocycles. The molecule has 12 heavy (non-hydrogen) atoms. The maximum Gasteiger partial charge on any atom is 0.270 e. The van der Waals surface area contributed by atoms with Crippen LogP contribution in [0.3, 0.4) is 0 Å². The number of aromatic nitrogens is 2. The van der Waals surface area contributed by atoms with Gasteiger partial charge in [-0.2, -0.15) is 0 Å². The number of nitrogens with zero attached hydrogens (tertiary/aromatic N) is 1. The van der Waals surface area contributed by atoms with E-state index in [1.165, 1.54) is 4.68 Å². The van der Waals surface area contributed by atoms with E-state index in [4.69, 9.17) is 0 Å². The monoisotopic (exact) mass is 168 g/mol. The van der Waals surface area contributed by atoms with Crippen LogP contribution in [0.1, 0.15) is 32.0 Å². The lowest BCUT2D eigenvalue weighted by Crippen LogP contribution is -2.24. The van der Waals surface area contributed by atoms with Crippen molar-refractivity contribution in [1.29, 1.82) is 0 Å². The number of aromatic amines is 1. The number of H-pyrrole nitrogens is 1. The summed E-state index contributed by atoms with van der Waals surface area (Å²) in [7, 11) is 1.74. The molecule has 1 heterocycles. The third-order valence-corrected chi connectivity index (χ3v) is 1.98. The number of aryl methyl sites for hydroxylation is 2. The third-order valence-electron chi connectivity index (χ3n) is 1.98. The van der Waals surface area contributed by atoms with Crippen molar-refractivity contribution in [3.63, 3.8) is 0 Å². The van der Waals surface area contributed by atoms with Crippen LogP contribution in [0.5, 0.6) is 0 Å². The first-order chi connectivity index (χ1) is 5.34.